The second kappa shape index (κ2) is 4.13. The molecule has 2 rings (SSSR count). The van der Waals surface area contributed by atoms with Crippen molar-refractivity contribution >= 4 is 5.97 Å². The summed E-state index contributed by atoms with van der Waals surface area (Å²) in [5, 5.41) is 9.02. The number of rotatable bonds is 1. The second-order valence-corrected chi connectivity index (χ2v) is 4.41. The number of hydrogen-bond donors (Lipinski definition) is 1. The van der Waals surface area contributed by atoms with Crippen LogP contribution >= 0.6 is 0 Å². The monoisotopic (exact) mass is 254 g/mol. The van der Waals surface area contributed by atoms with Crippen LogP contribution in [-0.4, -0.2) is 36.3 Å². The largest absolute Gasteiger partial charge is 0.481 e. The van der Waals surface area contributed by atoms with Gasteiger partial charge in [0.2, 0.25) is 0 Å². The van der Waals surface area contributed by atoms with Gasteiger partial charge >= 0.3 is 12.1 Å². The van der Waals surface area contributed by atoms with Crippen molar-refractivity contribution in [2.45, 2.75) is 31.2 Å². The number of hydrogen-bond acceptors (Lipinski definition) is 3. The number of carboxylic acid groups (broad SMARTS) is 1. The lowest BCUT2D eigenvalue weighted by Gasteiger charge is -2.40. The van der Waals surface area contributed by atoms with Crippen LogP contribution in [-0.2, 0) is 14.3 Å². The van der Waals surface area contributed by atoms with Gasteiger partial charge in [0, 0.05) is 6.42 Å². The molecule has 1 spiro atoms. The summed E-state index contributed by atoms with van der Waals surface area (Å²) in [6.07, 6.45) is -4.99. The summed E-state index contributed by atoms with van der Waals surface area (Å²) >= 11 is 0. The summed E-state index contributed by atoms with van der Waals surface area (Å²) in [5.41, 5.74) is 0. The Morgan fingerprint density at radius 1 is 1.29 bits per heavy atom. The van der Waals surface area contributed by atoms with Crippen LogP contribution in [0.5, 0.6) is 0 Å². The van der Waals surface area contributed by atoms with Gasteiger partial charge in [-0.05, 0) is 12.8 Å². The van der Waals surface area contributed by atoms with Gasteiger partial charge in [-0.25, -0.2) is 0 Å². The van der Waals surface area contributed by atoms with E-state index in [1.165, 1.54) is 0 Å². The van der Waals surface area contributed by atoms with Crippen molar-refractivity contribution in [1.29, 1.82) is 0 Å². The Morgan fingerprint density at radius 2 is 1.88 bits per heavy atom. The third kappa shape index (κ3) is 2.26. The van der Waals surface area contributed by atoms with Crippen molar-refractivity contribution in [3.05, 3.63) is 0 Å². The van der Waals surface area contributed by atoms with Gasteiger partial charge in [0.15, 0.2) is 5.79 Å². The molecule has 0 aromatic rings. The first-order valence-electron chi connectivity index (χ1n) is 5.42. The lowest BCUT2D eigenvalue weighted by atomic mass is 9.76. The lowest BCUT2D eigenvalue weighted by Crippen LogP contribution is -2.49. The van der Waals surface area contributed by atoms with Crippen LogP contribution in [0.2, 0.25) is 0 Å². The number of halogens is 3. The Hall–Kier alpha value is -0.820. The van der Waals surface area contributed by atoms with Gasteiger partial charge in [-0.15, -0.1) is 0 Å². The average molecular weight is 254 g/mol. The predicted octanol–water partition coefficient (Wildman–Crippen LogP) is 1.79. The topological polar surface area (TPSA) is 55.8 Å². The van der Waals surface area contributed by atoms with E-state index < -0.39 is 36.2 Å². The molecule has 0 bridgehead atoms. The Balaban J connectivity index is 2.17. The molecule has 1 N–H and O–H groups in total. The number of carboxylic acids is 1. The van der Waals surface area contributed by atoms with Crippen molar-refractivity contribution in [1.82, 2.24) is 0 Å². The van der Waals surface area contributed by atoms with Crippen LogP contribution in [0.15, 0.2) is 0 Å². The number of alkyl halides is 3. The van der Waals surface area contributed by atoms with Crippen LogP contribution < -0.4 is 0 Å². The molecule has 1 aliphatic heterocycles. The van der Waals surface area contributed by atoms with Crippen LogP contribution in [0.1, 0.15) is 19.3 Å². The first kappa shape index (κ1) is 12.6. The fraction of sp³-hybridized carbons (Fsp3) is 0.900. The van der Waals surface area contributed by atoms with Crippen molar-refractivity contribution in [2.75, 3.05) is 13.2 Å². The normalized spacial score (nSPS) is 32.9. The maximum atomic E-state index is 12.6. The minimum atomic E-state index is -4.35. The summed E-state index contributed by atoms with van der Waals surface area (Å²) in [6, 6.07) is 0. The van der Waals surface area contributed by atoms with Gasteiger partial charge in [-0.1, -0.05) is 0 Å². The molecule has 0 amide bonds. The standard InChI is InChI=1S/C10H13F3O4/c11-10(12,13)6-1-2-9(16-3-4-17-9)7(5-6)8(14)15/h6-7H,1-5H2,(H,14,15)/t6-,7+/m0/s1. The smallest absolute Gasteiger partial charge is 0.391 e. The molecular weight excluding hydrogens is 241 g/mol. The molecule has 2 aliphatic rings. The van der Waals surface area contributed by atoms with E-state index in [0.717, 1.165) is 0 Å². The number of aliphatic carboxylic acids is 1. The van der Waals surface area contributed by atoms with Crippen molar-refractivity contribution in [3.63, 3.8) is 0 Å². The van der Waals surface area contributed by atoms with Gasteiger partial charge in [-0.2, -0.15) is 13.2 Å². The number of ether oxygens (including phenoxy) is 2. The summed E-state index contributed by atoms with van der Waals surface area (Å²) in [7, 11) is 0. The molecule has 1 aliphatic carbocycles. The van der Waals surface area contributed by atoms with E-state index in [-0.39, 0.29) is 26.1 Å². The Kier molecular flexibility index (Phi) is 3.07. The quantitative estimate of drug-likeness (QED) is 0.775. The zero-order valence-corrected chi connectivity index (χ0v) is 9.00. The van der Waals surface area contributed by atoms with Gasteiger partial charge < -0.3 is 14.6 Å². The highest BCUT2D eigenvalue weighted by molar-refractivity contribution is 5.71. The van der Waals surface area contributed by atoms with Gasteiger partial charge in [-0.3, -0.25) is 4.79 Å². The highest BCUT2D eigenvalue weighted by Crippen LogP contribution is 2.47. The summed E-state index contributed by atoms with van der Waals surface area (Å²) < 4.78 is 48.2. The summed E-state index contributed by atoms with van der Waals surface area (Å²) in [6.45, 7) is 0.473. The second-order valence-electron chi connectivity index (χ2n) is 4.41. The molecule has 4 nitrogen and oxygen atoms in total. The van der Waals surface area contributed by atoms with Crippen molar-refractivity contribution < 1.29 is 32.5 Å². The maximum Gasteiger partial charge on any atom is 0.391 e. The Labute approximate surface area is 95.7 Å². The maximum absolute atomic E-state index is 12.6. The molecule has 0 radical (unpaired) electrons. The minimum absolute atomic E-state index is 0.0197. The molecular formula is C10H13F3O4. The molecule has 2 atom stereocenters. The molecule has 0 aromatic heterocycles. The number of carbonyl (C=O) groups is 1. The minimum Gasteiger partial charge on any atom is -0.481 e. The Bertz CT molecular complexity index is 309. The van der Waals surface area contributed by atoms with E-state index in [9.17, 15) is 18.0 Å². The van der Waals surface area contributed by atoms with Gasteiger partial charge in [0.1, 0.15) is 5.92 Å². The Morgan fingerprint density at radius 3 is 2.35 bits per heavy atom. The van der Waals surface area contributed by atoms with E-state index in [4.69, 9.17) is 14.6 Å². The van der Waals surface area contributed by atoms with Crippen LogP contribution in [0.25, 0.3) is 0 Å². The average Bonchev–Trinajstić information content (AvgIpc) is 2.65. The summed E-state index contributed by atoms with van der Waals surface area (Å²) in [4.78, 5) is 11.1. The lowest BCUT2D eigenvalue weighted by molar-refractivity contribution is -0.252. The molecule has 1 saturated carbocycles. The highest BCUT2D eigenvalue weighted by Gasteiger charge is 2.56. The molecule has 2 fully saturated rings. The molecule has 7 heteroatoms. The molecule has 0 aromatic carbocycles. The van der Waals surface area contributed by atoms with Crippen LogP contribution in [0.3, 0.4) is 0 Å². The fourth-order valence-corrected chi connectivity index (χ4v) is 2.53. The molecule has 1 heterocycles. The van der Waals surface area contributed by atoms with Crippen molar-refractivity contribution in [2.24, 2.45) is 11.8 Å². The third-order valence-corrected chi connectivity index (χ3v) is 3.43. The van der Waals surface area contributed by atoms with E-state index in [1.807, 2.05) is 0 Å². The van der Waals surface area contributed by atoms with Gasteiger partial charge in [0.25, 0.3) is 0 Å². The fourth-order valence-electron chi connectivity index (χ4n) is 2.53. The van der Waals surface area contributed by atoms with Crippen LogP contribution in [0.4, 0.5) is 13.2 Å². The molecule has 0 unspecified atom stereocenters. The van der Waals surface area contributed by atoms with E-state index in [0.29, 0.717) is 0 Å². The zero-order valence-electron chi connectivity index (χ0n) is 9.00. The van der Waals surface area contributed by atoms with Crippen LogP contribution in [0, 0.1) is 11.8 Å². The predicted molar refractivity (Wildman–Crippen MR) is 49.2 cm³/mol. The van der Waals surface area contributed by atoms with Gasteiger partial charge in [0.05, 0.1) is 19.1 Å². The van der Waals surface area contributed by atoms with E-state index in [2.05, 4.69) is 0 Å². The van der Waals surface area contributed by atoms with Crippen molar-refractivity contribution in [3.8, 4) is 0 Å². The van der Waals surface area contributed by atoms with E-state index >= 15 is 0 Å². The first-order valence-corrected chi connectivity index (χ1v) is 5.42. The zero-order chi connectivity index (χ0) is 12.7. The molecule has 17 heavy (non-hydrogen) atoms. The van der Waals surface area contributed by atoms with E-state index in [1.54, 1.807) is 0 Å². The molecule has 1 saturated heterocycles. The SMILES string of the molecule is O=C(O)[C@H]1C[C@@H](C(F)(F)F)CCC12OCCO2. The third-order valence-electron chi connectivity index (χ3n) is 3.43. The molecule has 98 valence electrons. The first-order chi connectivity index (χ1) is 7.85. The highest BCUT2D eigenvalue weighted by atomic mass is 19.4. The summed E-state index contributed by atoms with van der Waals surface area (Å²) in [5.74, 6) is -5.46.